The molecule has 0 bridgehead atoms. The van der Waals surface area contributed by atoms with Crippen molar-refractivity contribution < 1.29 is 9.72 Å². The Kier molecular flexibility index (Phi) is 4.46. The molecule has 0 aliphatic carbocycles. The number of hydrogen-bond acceptors (Lipinski definition) is 4. The van der Waals surface area contributed by atoms with Gasteiger partial charge < -0.3 is 5.32 Å². The number of aromatic nitrogens is 1. The van der Waals surface area contributed by atoms with E-state index in [1.807, 2.05) is 0 Å². The van der Waals surface area contributed by atoms with Crippen LogP contribution in [0.3, 0.4) is 0 Å². The van der Waals surface area contributed by atoms with Crippen LogP contribution in [-0.4, -0.2) is 15.8 Å². The highest BCUT2D eigenvalue weighted by Gasteiger charge is 2.17. The maximum Gasteiger partial charge on any atom is 0.293 e. The van der Waals surface area contributed by atoms with Crippen molar-refractivity contribution in [3.05, 3.63) is 61.3 Å². The first kappa shape index (κ1) is 14.6. The molecule has 8 heteroatoms. The number of anilines is 1. The van der Waals surface area contributed by atoms with Gasteiger partial charge in [-0.25, -0.2) is 0 Å². The molecule has 6 nitrogen and oxygen atoms in total. The van der Waals surface area contributed by atoms with Crippen LogP contribution in [0.25, 0.3) is 0 Å². The number of nitro benzene ring substituents is 1. The quantitative estimate of drug-likeness (QED) is 0.627. The van der Waals surface area contributed by atoms with Crippen LogP contribution in [0.1, 0.15) is 10.4 Å². The molecule has 1 heterocycles. The maximum absolute atomic E-state index is 12.0. The third kappa shape index (κ3) is 3.40. The van der Waals surface area contributed by atoms with Crippen molar-refractivity contribution in [2.75, 3.05) is 5.32 Å². The Bertz CT molecular complexity index is 691. The largest absolute Gasteiger partial charge is 0.316 e. The van der Waals surface area contributed by atoms with Crippen LogP contribution in [0, 0.1) is 10.1 Å². The standard InChI is InChI=1S/C12H7Br2N3O3/c13-8-1-2-10(11(4-8)17(19)20)16-12(18)7-3-9(14)6-15-5-7/h1-6H,(H,16,18). The Morgan fingerprint density at radius 1 is 1.20 bits per heavy atom. The lowest BCUT2D eigenvalue weighted by Gasteiger charge is -2.06. The summed E-state index contributed by atoms with van der Waals surface area (Å²) >= 11 is 6.36. The zero-order valence-electron chi connectivity index (χ0n) is 9.84. The number of hydrogen-bond donors (Lipinski definition) is 1. The molecule has 0 atom stereocenters. The van der Waals surface area contributed by atoms with Gasteiger partial charge in [0.25, 0.3) is 11.6 Å². The van der Waals surface area contributed by atoms with E-state index in [-0.39, 0.29) is 11.4 Å². The molecule has 0 spiro atoms. The second kappa shape index (κ2) is 6.10. The van der Waals surface area contributed by atoms with Crippen molar-refractivity contribution in [2.45, 2.75) is 0 Å². The molecule has 0 saturated carbocycles. The summed E-state index contributed by atoms with van der Waals surface area (Å²) < 4.78 is 1.21. The molecule has 1 aromatic heterocycles. The van der Waals surface area contributed by atoms with Gasteiger partial charge in [0.2, 0.25) is 0 Å². The minimum atomic E-state index is -0.556. The van der Waals surface area contributed by atoms with Crippen molar-refractivity contribution in [3.8, 4) is 0 Å². The SMILES string of the molecule is O=C(Nc1ccc(Br)cc1[N+](=O)[O-])c1cncc(Br)c1. The molecule has 20 heavy (non-hydrogen) atoms. The number of nitro groups is 1. The van der Waals surface area contributed by atoms with Gasteiger partial charge in [-0.2, -0.15) is 0 Å². The van der Waals surface area contributed by atoms with Gasteiger partial charge in [0.1, 0.15) is 5.69 Å². The summed E-state index contributed by atoms with van der Waals surface area (Å²) in [7, 11) is 0. The number of benzene rings is 1. The molecule has 102 valence electrons. The van der Waals surface area contributed by atoms with E-state index in [0.717, 1.165) is 0 Å². The van der Waals surface area contributed by atoms with Crippen LogP contribution in [0.2, 0.25) is 0 Å². The molecule has 0 aliphatic rings. The monoisotopic (exact) mass is 399 g/mol. The highest BCUT2D eigenvalue weighted by molar-refractivity contribution is 9.10. The van der Waals surface area contributed by atoms with E-state index in [2.05, 4.69) is 42.2 Å². The van der Waals surface area contributed by atoms with Crippen LogP contribution in [0.4, 0.5) is 11.4 Å². The molecular weight excluding hydrogens is 394 g/mol. The molecule has 2 rings (SSSR count). The van der Waals surface area contributed by atoms with Gasteiger partial charge in [-0.15, -0.1) is 0 Å². The van der Waals surface area contributed by atoms with Crippen molar-refractivity contribution in [1.82, 2.24) is 4.98 Å². The first-order chi connectivity index (χ1) is 9.47. The third-order valence-corrected chi connectivity index (χ3v) is 3.30. The first-order valence-corrected chi connectivity index (χ1v) is 6.92. The molecule has 1 N–H and O–H groups in total. The summed E-state index contributed by atoms with van der Waals surface area (Å²) in [6.07, 6.45) is 2.92. The predicted octanol–water partition coefficient (Wildman–Crippen LogP) is 3.77. The van der Waals surface area contributed by atoms with Gasteiger partial charge in [0, 0.05) is 27.4 Å². The van der Waals surface area contributed by atoms with E-state index >= 15 is 0 Å². The fourth-order valence-corrected chi connectivity index (χ4v) is 2.21. The fourth-order valence-electron chi connectivity index (χ4n) is 1.49. The van der Waals surface area contributed by atoms with E-state index in [1.165, 1.54) is 18.3 Å². The molecule has 1 amide bonds. The number of carbonyl (C=O) groups is 1. The zero-order valence-corrected chi connectivity index (χ0v) is 13.0. The molecule has 0 unspecified atom stereocenters. The molecule has 0 fully saturated rings. The Morgan fingerprint density at radius 3 is 2.60 bits per heavy atom. The second-order valence-electron chi connectivity index (χ2n) is 3.76. The number of carbonyl (C=O) groups excluding carboxylic acids is 1. The van der Waals surface area contributed by atoms with Gasteiger partial charge in [-0.3, -0.25) is 19.9 Å². The maximum atomic E-state index is 12.0. The number of rotatable bonds is 3. The molecule has 0 radical (unpaired) electrons. The highest BCUT2D eigenvalue weighted by Crippen LogP contribution is 2.28. The third-order valence-electron chi connectivity index (χ3n) is 2.37. The topological polar surface area (TPSA) is 85.1 Å². The molecule has 0 saturated heterocycles. The van der Waals surface area contributed by atoms with Crippen LogP contribution in [0.5, 0.6) is 0 Å². The number of nitrogens with one attached hydrogen (secondary N) is 1. The number of halogens is 2. The van der Waals surface area contributed by atoms with Crippen molar-refractivity contribution in [1.29, 1.82) is 0 Å². The number of amides is 1. The van der Waals surface area contributed by atoms with Gasteiger partial charge in [-0.1, -0.05) is 15.9 Å². The van der Waals surface area contributed by atoms with E-state index < -0.39 is 10.8 Å². The van der Waals surface area contributed by atoms with Crippen molar-refractivity contribution in [3.63, 3.8) is 0 Å². The summed E-state index contributed by atoms with van der Waals surface area (Å²) in [6.45, 7) is 0. The van der Waals surface area contributed by atoms with Gasteiger partial charge in [0.15, 0.2) is 0 Å². The van der Waals surface area contributed by atoms with E-state index in [4.69, 9.17) is 0 Å². The van der Waals surface area contributed by atoms with Gasteiger partial charge in [0.05, 0.1) is 10.5 Å². The minimum Gasteiger partial charge on any atom is -0.316 e. The summed E-state index contributed by atoms with van der Waals surface area (Å²) in [5.41, 5.74) is 0.246. The van der Waals surface area contributed by atoms with Crippen LogP contribution >= 0.6 is 31.9 Å². The van der Waals surface area contributed by atoms with Crippen LogP contribution in [0.15, 0.2) is 45.6 Å². The normalized spacial score (nSPS) is 10.1. The van der Waals surface area contributed by atoms with Crippen molar-refractivity contribution in [2.24, 2.45) is 0 Å². The average Bonchev–Trinajstić information content (AvgIpc) is 2.40. The van der Waals surface area contributed by atoms with Crippen LogP contribution in [-0.2, 0) is 0 Å². The second-order valence-corrected chi connectivity index (χ2v) is 5.60. The smallest absolute Gasteiger partial charge is 0.293 e. The molecule has 1 aromatic carbocycles. The lowest BCUT2D eigenvalue weighted by atomic mass is 10.2. The summed E-state index contributed by atoms with van der Waals surface area (Å²) in [5.74, 6) is -0.468. The van der Waals surface area contributed by atoms with E-state index in [9.17, 15) is 14.9 Å². The minimum absolute atomic E-state index is 0.128. The molecular formula is C12H7Br2N3O3. The fraction of sp³-hybridized carbons (Fsp3) is 0. The van der Waals surface area contributed by atoms with E-state index in [1.54, 1.807) is 18.3 Å². The van der Waals surface area contributed by atoms with Gasteiger partial charge in [-0.05, 0) is 34.1 Å². The molecule has 2 aromatic rings. The van der Waals surface area contributed by atoms with Crippen molar-refractivity contribution >= 4 is 49.1 Å². The number of pyridine rings is 1. The highest BCUT2D eigenvalue weighted by atomic mass is 79.9. The lowest BCUT2D eigenvalue weighted by molar-refractivity contribution is -0.384. The molecule has 0 aliphatic heterocycles. The first-order valence-electron chi connectivity index (χ1n) is 5.33. The zero-order chi connectivity index (χ0) is 14.7. The Hall–Kier alpha value is -1.80. The summed E-state index contributed by atoms with van der Waals surface area (Å²) in [6, 6.07) is 5.98. The van der Waals surface area contributed by atoms with Gasteiger partial charge >= 0.3 is 0 Å². The number of nitrogens with zero attached hydrogens (tertiary/aromatic N) is 2. The Morgan fingerprint density at radius 2 is 1.95 bits per heavy atom. The van der Waals surface area contributed by atoms with Crippen LogP contribution < -0.4 is 5.32 Å². The predicted molar refractivity (Wildman–Crippen MR) is 80.7 cm³/mol. The van der Waals surface area contributed by atoms with E-state index in [0.29, 0.717) is 14.5 Å². The summed E-state index contributed by atoms with van der Waals surface area (Å²) in [5, 5.41) is 13.5. The lowest BCUT2D eigenvalue weighted by Crippen LogP contribution is -2.13. The Labute approximate surface area is 130 Å². The average molecular weight is 401 g/mol. The Balaban J connectivity index is 2.30. The summed E-state index contributed by atoms with van der Waals surface area (Å²) in [4.78, 5) is 26.3.